The Kier molecular flexibility index (Phi) is 8.90. The van der Waals surface area contributed by atoms with E-state index in [4.69, 9.17) is 4.74 Å². The summed E-state index contributed by atoms with van der Waals surface area (Å²) in [4.78, 5) is 0. The molecular formula is C29H39FO. The van der Waals surface area contributed by atoms with Gasteiger partial charge in [0, 0.05) is 13.2 Å². The van der Waals surface area contributed by atoms with Crippen molar-refractivity contribution >= 4 is 5.57 Å². The lowest BCUT2D eigenvalue weighted by Gasteiger charge is -2.24. The molecule has 0 aromatic heterocycles. The third kappa shape index (κ3) is 6.29. The molecular weight excluding hydrogens is 383 g/mol. The zero-order chi connectivity index (χ0) is 22.2. The summed E-state index contributed by atoms with van der Waals surface area (Å²) in [6.07, 6.45) is 18.4. The van der Waals surface area contributed by atoms with Gasteiger partial charge < -0.3 is 4.74 Å². The molecule has 2 heteroatoms. The number of hydrogen-bond acceptors (Lipinski definition) is 1. The van der Waals surface area contributed by atoms with E-state index in [1.54, 1.807) is 12.1 Å². The Morgan fingerprint density at radius 1 is 1.16 bits per heavy atom. The average molecular weight is 423 g/mol. The molecule has 0 radical (unpaired) electrons. The predicted molar refractivity (Wildman–Crippen MR) is 130 cm³/mol. The minimum absolute atomic E-state index is 0.170. The first-order valence-electron chi connectivity index (χ1n) is 12.2. The van der Waals surface area contributed by atoms with E-state index in [0.717, 1.165) is 56.4 Å². The van der Waals surface area contributed by atoms with Crippen LogP contribution in [-0.2, 0) is 4.74 Å². The number of aryl methyl sites for hydroxylation is 1. The predicted octanol–water partition coefficient (Wildman–Crippen LogP) is 8.22. The largest absolute Gasteiger partial charge is 0.381 e. The van der Waals surface area contributed by atoms with Crippen molar-refractivity contribution in [2.45, 2.75) is 66.2 Å². The number of rotatable bonds is 7. The fourth-order valence-corrected chi connectivity index (χ4v) is 4.85. The summed E-state index contributed by atoms with van der Waals surface area (Å²) in [6, 6.07) is 5.15. The molecule has 3 rings (SSSR count). The number of ether oxygens (including phenoxy) is 1. The summed E-state index contributed by atoms with van der Waals surface area (Å²) in [5, 5.41) is 0. The second-order valence-corrected chi connectivity index (χ2v) is 9.23. The number of halogens is 1. The Hall–Kier alpha value is -1.93. The van der Waals surface area contributed by atoms with Crippen LogP contribution in [0.2, 0.25) is 0 Å². The molecule has 0 amide bonds. The lowest BCUT2D eigenvalue weighted by molar-refractivity contribution is 0.140. The van der Waals surface area contributed by atoms with Crippen LogP contribution in [0, 0.1) is 30.5 Å². The van der Waals surface area contributed by atoms with Crippen molar-refractivity contribution in [3.63, 3.8) is 0 Å². The third-order valence-corrected chi connectivity index (χ3v) is 6.98. The minimum atomic E-state index is -0.170. The Labute approximate surface area is 188 Å². The van der Waals surface area contributed by atoms with Crippen molar-refractivity contribution < 1.29 is 9.13 Å². The van der Waals surface area contributed by atoms with Crippen molar-refractivity contribution in [1.82, 2.24) is 0 Å². The van der Waals surface area contributed by atoms with Crippen LogP contribution in [0.1, 0.15) is 70.4 Å². The molecule has 3 unspecified atom stereocenters. The van der Waals surface area contributed by atoms with Gasteiger partial charge in [0.25, 0.3) is 0 Å². The van der Waals surface area contributed by atoms with Gasteiger partial charge >= 0.3 is 0 Å². The zero-order valence-electron chi connectivity index (χ0n) is 19.8. The van der Waals surface area contributed by atoms with Gasteiger partial charge in [-0.1, -0.05) is 69.2 Å². The van der Waals surface area contributed by atoms with Crippen LogP contribution in [0.15, 0.2) is 59.7 Å². The number of allylic oxidation sites excluding steroid dienone is 8. The first-order chi connectivity index (χ1) is 15.0. The minimum Gasteiger partial charge on any atom is -0.381 e. The third-order valence-electron chi connectivity index (χ3n) is 6.98. The highest BCUT2D eigenvalue weighted by Gasteiger charge is 2.24. The van der Waals surface area contributed by atoms with Crippen LogP contribution in [-0.4, -0.2) is 13.2 Å². The van der Waals surface area contributed by atoms with Crippen molar-refractivity contribution in [1.29, 1.82) is 0 Å². The molecule has 1 saturated heterocycles. The molecule has 1 fully saturated rings. The molecule has 0 spiro atoms. The monoisotopic (exact) mass is 422 g/mol. The van der Waals surface area contributed by atoms with Crippen LogP contribution in [0.3, 0.4) is 0 Å². The summed E-state index contributed by atoms with van der Waals surface area (Å²) in [6.45, 7) is 10.7. The Bertz CT molecular complexity index is 857. The molecule has 168 valence electrons. The molecule has 1 aliphatic heterocycles. The van der Waals surface area contributed by atoms with Crippen molar-refractivity contribution in [2.24, 2.45) is 17.8 Å². The second-order valence-electron chi connectivity index (χ2n) is 9.23. The first-order valence-corrected chi connectivity index (χ1v) is 12.2. The average Bonchev–Trinajstić information content (AvgIpc) is 3.08. The number of hydrogen-bond donors (Lipinski definition) is 0. The molecule has 3 atom stereocenters. The van der Waals surface area contributed by atoms with Crippen molar-refractivity contribution in [2.75, 3.05) is 13.2 Å². The Morgan fingerprint density at radius 3 is 2.71 bits per heavy atom. The smallest absolute Gasteiger partial charge is 0.123 e. The summed E-state index contributed by atoms with van der Waals surface area (Å²) >= 11 is 0. The zero-order valence-corrected chi connectivity index (χ0v) is 19.8. The summed E-state index contributed by atoms with van der Waals surface area (Å²) < 4.78 is 19.5. The summed E-state index contributed by atoms with van der Waals surface area (Å²) in [5.41, 5.74) is 6.11. The molecule has 31 heavy (non-hydrogen) atoms. The van der Waals surface area contributed by atoms with E-state index in [-0.39, 0.29) is 5.82 Å². The van der Waals surface area contributed by atoms with Gasteiger partial charge in [0.2, 0.25) is 0 Å². The lowest BCUT2D eigenvalue weighted by Crippen LogP contribution is -2.14. The Morgan fingerprint density at radius 2 is 1.97 bits per heavy atom. The Balaban J connectivity index is 1.93. The van der Waals surface area contributed by atoms with Gasteiger partial charge in [0.1, 0.15) is 5.82 Å². The van der Waals surface area contributed by atoms with Gasteiger partial charge in [0.15, 0.2) is 0 Å². The fraction of sp³-hybridized carbons (Fsp3) is 0.517. The van der Waals surface area contributed by atoms with E-state index in [0.29, 0.717) is 17.8 Å². The van der Waals surface area contributed by atoms with E-state index in [9.17, 15) is 4.39 Å². The number of benzene rings is 1. The molecule has 1 aromatic rings. The SMILES string of the molecule is CCCC=C(C1=CC=C(CC2CCOCCC2C)C(CC)C=C1)c1ccc(F)cc1C. The molecule has 1 aliphatic carbocycles. The molecule has 0 saturated carbocycles. The van der Waals surface area contributed by atoms with Crippen LogP contribution in [0.5, 0.6) is 0 Å². The van der Waals surface area contributed by atoms with E-state index in [1.165, 1.54) is 23.1 Å². The molecule has 1 nitrogen and oxygen atoms in total. The molecule has 0 bridgehead atoms. The topological polar surface area (TPSA) is 9.23 Å². The van der Waals surface area contributed by atoms with E-state index >= 15 is 0 Å². The standard InChI is InChI=1S/C29H39FO/c1-5-7-8-29(28-14-13-27(30)19-22(28)4)24-10-9-23(6-2)26(12-11-24)20-25-16-18-31-17-15-21(25)3/h8-14,19,21,23,25H,5-7,15-18,20H2,1-4H3. The second kappa shape index (κ2) is 11.6. The normalized spacial score (nSPS) is 24.9. The van der Waals surface area contributed by atoms with Gasteiger partial charge in [-0.2, -0.15) is 0 Å². The quantitative estimate of drug-likeness (QED) is 0.430. The lowest BCUT2D eigenvalue weighted by atomic mass is 9.80. The maximum absolute atomic E-state index is 13.7. The maximum atomic E-state index is 13.7. The van der Waals surface area contributed by atoms with Crippen molar-refractivity contribution in [3.05, 3.63) is 76.7 Å². The van der Waals surface area contributed by atoms with Crippen LogP contribution < -0.4 is 0 Å². The summed E-state index contributed by atoms with van der Waals surface area (Å²) in [7, 11) is 0. The van der Waals surface area contributed by atoms with Gasteiger partial charge in [-0.05, 0) is 91.2 Å². The van der Waals surface area contributed by atoms with Crippen LogP contribution >= 0.6 is 0 Å². The molecule has 2 aliphatic rings. The molecule has 1 aromatic carbocycles. The van der Waals surface area contributed by atoms with E-state index < -0.39 is 0 Å². The number of unbranched alkanes of at least 4 members (excludes halogenated alkanes) is 1. The van der Waals surface area contributed by atoms with E-state index in [1.807, 2.05) is 13.0 Å². The molecule has 0 N–H and O–H groups in total. The fourth-order valence-electron chi connectivity index (χ4n) is 4.85. The highest BCUT2D eigenvalue weighted by atomic mass is 19.1. The van der Waals surface area contributed by atoms with Crippen LogP contribution in [0.25, 0.3) is 5.57 Å². The van der Waals surface area contributed by atoms with Crippen LogP contribution in [0.4, 0.5) is 4.39 Å². The van der Waals surface area contributed by atoms with Gasteiger partial charge in [0.05, 0.1) is 0 Å². The highest BCUT2D eigenvalue weighted by molar-refractivity contribution is 5.83. The molecule has 1 heterocycles. The van der Waals surface area contributed by atoms with Gasteiger partial charge in [-0.25, -0.2) is 4.39 Å². The first kappa shape index (κ1) is 23.7. The van der Waals surface area contributed by atoms with Gasteiger partial charge in [-0.15, -0.1) is 0 Å². The van der Waals surface area contributed by atoms with E-state index in [2.05, 4.69) is 51.2 Å². The van der Waals surface area contributed by atoms with Crippen molar-refractivity contribution in [3.8, 4) is 0 Å². The maximum Gasteiger partial charge on any atom is 0.123 e. The highest BCUT2D eigenvalue weighted by Crippen LogP contribution is 2.36. The van der Waals surface area contributed by atoms with Gasteiger partial charge in [-0.3, -0.25) is 0 Å². The summed E-state index contributed by atoms with van der Waals surface area (Å²) in [5.74, 6) is 1.71.